The molecule has 0 heterocycles. The number of carbonyl (C=O) groups is 1. The van der Waals surface area contributed by atoms with Gasteiger partial charge >= 0.3 is 5.97 Å². The van der Waals surface area contributed by atoms with Crippen molar-refractivity contribution in [1.29, 1.82) is 0 Å². The average molecular weight is 298 g/mol. The first-order valence-electron chi connectivity index (χ1n) is 5.95. The number of phenols is 1. The predicted molar refractivity (Wildman–Crippen MR) is 79.1 cm³/mol. The SMILES string of the molecule is COc1cc(C(C(N)=S)N(C)CCC(=O)O)ccc1O. The number of hydrogen-bond acceptors (Lipinski definition) is 5. The second kappa shape index (κ2) is 7.06. The van der Waals surface area contributed by atoms with E-state index in [1.165, 1.54) is 13.2 Å². The number of hydrogen-bond donors (Lipinski definition) is 3. The summed E-state index contributed by atoms with van der Waals surface area (Å²) < 4.78 is 5.05. The number of likely N-dealkylation sites (N-methyl/N-ethyl adjacent to an activating group) is 1. The molecule has 0 aliphatic heterocycles. The number of phenolic OH excluding ortho intramolecular Hbond substituents is 1. The molecular weight excluding hydrogens is 280 g/mol. The number of carboxylic acids is 1. The van der Waals surface area contributed by atoms with Crippen molar-refractivity contribution in [2.75, 3.05) is 20.7 Å². The Morgan fingerprint density at radius 1 is 1.55 bits per heavy atom. The molecule has 0 fully saturated rings. The summed E-state index contributed by atoms with van der Waals surface area (Å²) in [7, 11) is 3.19. The van der Waals surface area contributed by atoms with Crippen LogP contribution in [0.3, 0.4) is 0 Å². The summed E-state index contributed by atoms with van der Waals surface area (Å²) in [5, 5.41) is 18.3. The molecular formula is C13H18N2O4S. The van der Waals surface area contributed by atoms with E-state index in [9.17, 15) is 9.90 Å². The van der Waals surface area contributed by atoms with Gasteiger partial charge in [0.25, 0.3) is 0 Å². The number of ether oxygens (including phenoxy) is 1. The third kappa shape index (κ3) is 4.07. The Morgan fingerprint density at radius 2 is 2.20 bits per heavy atom. The maximum atomic E-state index is 10.6. The number of methoxy groups -OCH3 is 1. The largest absolute Gasteiger partial charge is 0.504 e. The summed E-state index contributed by atoms with van der Waals surface area (Å²) >= 11 is 5.05. The fraction of sp³-hybridized carbons (Fsp3) is 0.385. The quantitative estimate of drug-likeness (QED) is 0.649. The highest BCUT2D eigenvalue weighted by Crippen LogP contribution is 2.31. The van der Waals surface area contributed by atoms with Crippen LogP contribution in [-0.4, -0.2) is 46.8 Å². The number of nitrogens with zero attached hydrogens (tertiary/aromatic N) is 1. The van der Waals surface area contributed by atoms with Crippen LogP contribution in [0.1, 0.15) is 18.0 Å². The highest BCUT2D eigenvalue weighted by Gasteiger charge is 2.21. The number of benzene rings is 1. The third-order valence-corrected chi connectivity index (χ3v) is 3.13. The van der Waals surface area contributed by atoms with Crippen molar-refractivity contribution in [2.45, 2.75) is 12.5 Å². The molecule has 0 bridgehead atoms. The van der Waals surface area contributed by atoms with Crippen LogP contribution in [0, 0.1) is 0 Å². The second-order valence-electron chi connectivity index (χ2n) is 4.36. The lowest BCUT2D eigenvalue weighted by Crippen LogP contribution is -2.35. The lowest BCUT2D eigenvalue weighted by molar-refractivity contribution is -0.137. The van der Waals surface area contributed by atoms with Crippen molar-refractivity contribution in [3.05, 3.63) is 23.8 Å². The molecule has 1 unspecified atom stereocenters. The Balaban J connectivity index is 3.01. The van der Waals surface area contributed by atoms with Gasteiger partial charge in [0.2, 0.25) is 0 Å². The first kappa shape index (κ1) is 16.2. The van der Waals surface area contributed by atoms with E-state index in [0.29, 0.717) is 12.3 Å². The molecule has 0 saturated carbocycles. The Morgan fingerprint density at radius 3 is 2.70 bits per heavy atom. The van der Waals surface area contributed by atoms with Crippen LogP contribution in [0.5, 0.6) is 11.5 Å². The fourth-order valence-corrected chi connectivity index (χ4v) is 2.22. The molecule has 1 rings (SSSR count). The standard InChI is InChI=1S/C13H18N2O4S/c1-15(6-5-11(17)18)12(13(14)20)8-3-4-9(16)10(7-8)19-2/h3-4,7,12,16H,5-6H2,1-2H3,(H2,14,20)(H,17,18). The van der Waals surface area contributed by atoms with E-state index in [-0.39, 0.29) is 17.2 Å². The summed E-state index contributed by atoms with van der Waals surface area (Å²) in [5.41, 5.74) is 6.48. The summed E-state index contributed by atoms with van der Waals surface area (Å²) in [6.45, 7) is 0.306. The number of aromatic hydroxyl groups is 1. The van der Waals surface area contributed by atoms with Gasteiger partial charge < -0.3 is 20.7 Å². The van der Waals surface area contributed by atoms with Gasteiger partial charge in [0.05, 0.1) is 24.6 Å². The molecule has 0 aromatic heterocycles. The summed E-state index contributed by atoms with van der Waals surface area (Å²) in [4.78, 5) is 12.6. The van der Waals surface area contributed by atoms with E-state index in [1.54, 1.807) is 24.1 Å². The minimum absolute atomic E-state index is 0.00910. The van der Waals surface area contributed by atoms with Crippen molar-refractivity contribution in [1.82, 2.24) is 4.90 Å². The van der Waals surface area contributed by atoms with Gasteiger partial charge in [-0.15, -0.1) is 0 Å². The van der Waals surface area contributed by atoms with Crippen molar-refractivity contribution < 1.29 is 19.7 Å². The van der Waals surface area contributed by atoms with Gasteiger partial charge in [0.15, 0.2) is 11.5 Å². The molecule has 1 atom stereocenters. The molecule has 4 N–H and O–H groups in total. The lowest BCUT2D eigenvalue weighted by Gasteiger charge is -2.27. The normalized spacial score (nSPS) is 12.2. The van der Waals surface area contributed by atoms with Crippen LogP contribution in [0.25, 0.3) is 0 Å². The maximum Gasteiger partial charge on any atom is 0.304 e. The average Bonchev–Trinajstić information content (AvgIpc) is 2.38. The van der Waals surface area contributed by atoms with E-state index in [1.807, 2.05) is 0 Å². The Labute approximate surface area is 122 Å². The minimum atomic E-state index is -0.887. The van der Waals surface area contributed by atoms with Gasteiger partial charge in [-0.25, -0.2) is 0 Å². The van der Waals surface area contributed by atoms with Gasteiger partial charge in [0.1, 0.15) is 0 Å². The van der Waals surface area contributed by atoms with Crippen molar-refractivity contribution in [3.8, 4) is 11.5 Å². The molecule has 0 radical (unpaired) electrons. The Kier molecular flexibility index (Phi) is 5.72. The molecule has 0 amide bonds. The molecule has 110 valence electrons. The zero-order chi connectivity index (χ0) is 15.3. The van der Waals surface area contributed by atoms with E-state index in [0.717, 1.165) is 5.56 Å². The predicted octanol–water partition coefficient (Wildman–Crippen LogP) is 1.13. The number of thiocarbonyl (C=S) groups is 1. The maximum absolute atomic E-state index is 10.6. The van der Waals surface area contributed by atoms with Crippen LogP contribution < -0.4 is 10.5 Å². The molecule has 0 aliphatic carbocycles. The van der Waals surface area contributed by atoms with Gasteiger partial charge in [-0.2, -0.15) is 0 Å². The van der Waals surface area contributed by atoms with Gasteiger partial charge in [-0.05, 0) is 24.7 Å². The Bertz CT molecular complexity index is 507. The molecule has 0 saturated heterocycles. The molecule has 0 aliphatic rings. The van der Waals surface area contributed by atoms with Crippen molar-refractivity contribution in [3.63, 3.8) is 0 Å². The third-order valence-electron chi connectivity index (χ3n) is 2.91. The lowest BCUT2D eigenvalue weighted by atomic mass is 10.0. The number of nitrogens with two attached hydrogens (primary N) is 1. The molecule has 1 aromatic carbocycles. The van der Waals surface area contributed by atoms with Crippen LogP contribution in [0.4, 0.5) is 0 Å². The smallest absolute Gasteiger partial charge is 0.304 e. The van der Waals surface area contributed by atoms with Crippen LogP contribution >= 0.6 is 12.2 Å². The number of rotatable bonds is 7. The van der Waals surface area contributed by atoms with Crippen LogP contribution in [-0.2, 0) is 4.79 Å². The second-order valence-corrected chi connectivity index (χ2v) is 4.83. The number of carboxylic acid groups (broad SMARTS) is 1. The molecule has 0 spiro atoms. The van der Waals surface area contributed by atoms with E-state index in [2.05, 4.69) is 0 Å². The number of aliphatic carboxylic acids is 1. The summed E-state index contributed by atoms with van der Waals surface area (Å²) in [6, 6.07) is 4.39. The van der Waals surface area contributed by atoms with E-state index < -0.39 is 12.0 Å². The van der Waals surface area contributed by atoms with Gasteiger partial charge in [-0.3, -0.25) is 9.69 Å². The van der Waals surface area contributed by atoms with Crippen LogP contribution in [0.15, 0.2) is 18.2 Å². The summed E-state index contributed by atoms with van der Waals surface area (Å²) in [5.74, 6) is -0.552. The zero-order valence-electron chi connectivity index (χ0n) is 11.4. The topological polar surface area (TPSA) is 96.0 Å². The molecule has 6 nitrogen and oxygen atoms in total. The first-order valence-corrected chi connectivity index (χ1v) is 6.36. The minimum Gasteiger partial charge on any atom is -0.504 e. The monoisotopic (exact) mass is 298 g/mol. The fourth-order valence-electron chi connectivity index (χ4n) is 1.90. The van der Waals surface area contributed by atoms with E-state index in [4.69, 9.17) is 27.8 Å². The Hall–Kier alpha value is -1.86. The van der Waals surface area contributed by atoms with Crippen LogP contribution in [0.2, 0.25) is 0 Å². The van der Waals surface area contributed by atoms with Crippen molar-refractivity contribution >= 4 is 23.2 Å². The zero-order valence-corrected chi connectivity index (χ0v) is 12.2. The molecule has 1 aromatic rings. The van der Waals surface area contributed by atoms with Crippen molar-refractivity contribution in [2.24, 2.45) is 5.73 Å². The highest BCUT2D eigenvalue weighted by molar-refractivity contribution is 7.80. The highest BCUT2D eigenvalue weighted by atomic mass is 32.1. The van der Waals surface area contributed by atoms with Gasteiger partial charge in [-0.1, -0.05) is 18.3 Å². The molecule has 20 heavy (non-hydrogen) atoms. The van der Waals surface area contributed by atoms with E-state index >= 15 is 0 Å². The summed E-state index contributed by atoms with van der Waals surface area (Å²) in [6.07, 6.45) is -0.00910. The first-order chi connectivity index (χ1) is 9.36. The molecule has 7 heteroatoms. The van der Waals surface area contributed by atoms with Gasteiger partial charge in [0, 0.05) is 6.54 Å².